The van der Waals surface area contributed by atoms with Crippen LogP contribution >= 0.6 is 0 Å². The number of carbonyl (C=O) groups excluding carboxylic acids is 2. The molecule has 0 unspecified atom stereocenters. The van der Waals surface area contributed by atoms with Crippen LogP contribution in [0.1, 0.15) is 33.3 Å². The topological polar surface area (TPSA) is 125 Å². The first-order valence-electron chi connectivity index (χ1n) is 11.9. The summed E-state index contributed by atoms with van der Waals surface area (Å²) in [6.45, 7) is 6.59. The zero-order chi connectivity index (χ0) is 26.9. The van der Waals surface area contributed by atoms with Gasteiger partial charge in [-0.2, -0.15) is 4.31 Å². The van der Waals surface area contributed by atoms with Crippen LogP contribution in [-0.4, -0.2) is 68.0 Å². The second-order valence-corrected chi connectivity index (χ2v) is 11.1. The Bertz CT molecular complexity index is 1090. The third-order valence-electron chi connectivity index (χ3n) is 5.56. The number of ether oxygens (including phenoxy) is 1. The van der Waals surface area contributed by atoms with Crippen LogP contribution < -0.4 is 15.4 Å². The molecule has 0 bridgehead atoms. The molecule has 0 aromatic heterocycles. The molecule has 0 fully saturated rings. The van der Waals surface area contributed by atoms with Crippen LogP contribution in [0.2, 0.25) is 0 Å². The van der Waals surface area contributed by atoms with E-state index in [4.69, 9.17) is 4.74 Å². The van der Waals surface area contributed by atoms with E-state index in [9.17, 15) is 23.1 Å². The van der Waals surface area contributed by atoms with Gasteiger partial charge in [-0.15, -0.1) is 0 Å². The molecule has 0 spiro atoms. The summed E-state index contributed by atoms with van der Waals surface area (Å²) in [5.74, 6) is -0.305. The van der Waals surface area contributed by atoms with Crippen molar-refractivity contribution in [2.24, 2.45) is 5.92 Å². The number of hydrogen-bond acceptors (Lipinski definition) is 6. The van der Waals surface area contributed by atoms with E-state index in [0.29, 0.717) is 5.75 Å². The molecular weight excluding hydrogens is 482 g/mol. The first-order chi connectivity index (χ1) is 16.9. The molecule has 9 nitrogen and oxygen atoms in total. The van der Waals surface area contributed by atoms with Gasteiger partial charge in [0.2, 0.25) is 21.8 Å². The first kappa shape index (κ1) is 29.3. The summed E-state index contributed by atoms with van der Waals surface area (Å²) in [6, 6.07) is 13.7. The van der Waals surface area contributed by atoms with Crippen molar-refractivity contribution in [2.75, 3.05) is 20.2 Å². The Morgan fingerprint density at radius 1 is 0.972 bits per heavy atom. The minimum absolute atomic E-state index is 0.00724. The molecule has 3 atom stereocenters. The summed E-state index contributed by atoms with van der Waals surface area (Å²) in [4.78, 5) is 24.2. The van der Waals surface area contributed by atoms with E-state index in [1.807, 2.05) is 44.2 Å². The molecule has 0 aliphatic carbocycles. The van der Waals surface area contributed by atoms with E-state index < -0.39 is 34.1 Å². The summed E-state index contributed by atoms with van der Waals surface area (Å²) in [6.07, 6.45) is -0.941. The van der Waals surface area contributed by atoms with Gasteiger partial charge in [-0.05, 0) is 49.1 Å². The highest BCUT2D eigenvalue weighted by Crippen LogP contribution is 2.21. The van der Waals surface area contributed by atoms with E-state index in [2.05, 4.69) is 10.6 Å². The third-order valence-corrected chi connectivity index (χ3v) is 7.41. The number of methoxy groups -OCH3 is 1. The number of nitrogens with one attached hydrogen (secondary N) is 2. The van der Waals surface area contributed by atoms with E-state index in [1.54, 1.807) is 19.1 Å². The van der Waals surface area contributed by atoms with Gasteiger partial charge >= 0.3 is 0 Å². The minimum atomic E-state index is -3.94. The molecule has 2 aromatic rings. The molecule has 198 valence electrons. The highest BCUT2D eigenvalue weighted by atomic mass is 32.2. The molecule has 10 heteroatoms. The third kappa shape index (κ3) is 8.61. The van der Waals surface area contributed by atoms with Crippen molar-refractivity contribution in [3.8, 4) is 5.75 Å². The summed E-state index contributed by atoms with van der Waals surface area (Å²) in [5, 5.41) is 16.5. The quantitative estimate of drug-likeness (QED) is 0.372. The van der Waals surface area contributed by atoms with Crippen molar-refractivity contribution in [1.29, 1.82) is 0 Å². The van der Waals surface area contributed by atoms with Gasteiger partial charge in [0.25, 0.3) is 0 Å². The maximum absolute atomic E-state index is 13.5. The Hall–Kier alpha value is -2.95. The number of benzene rings is 2. The molecule has 36 heavy (non-hydrogen) atoms. The summed E-state index contributed by atoms with van der Waals surface area (Å²) >= 11 is 0. The Morgan fingerprint density at radius 3 is 2.11 bits per heavy atom. The van der Waals surface area contributed by atoms with Crippen molar-refractivity contribution in [1.82, 2.24) is 14.9 Å². The zero-order valence-corrected chi connectivity index (χ0v) is 22.3. The lowest BCUT2D eigenvalue weighted by atomic mass is 10.0. The van der Waals surface area contributed by atoms with Crippen LogP contribution in [0.4, 0.5) is 0 Å². The van der Waals surface area contributed by atoms with Gasteiger partial charge in [0.1, 0.15) is 11.8 Å². The van der Waals surface area contributed by atoms with E-state index in [0.717, 1.165) is 5.56 Å². The Morgan fingerprint density at radius 2 is 1.58 bits per heavy atom. The molecule has 2 aromatic carbocycles. The fraction of sp³-hybridized carbons (Fsp3) is 0.462. The van der Waals surface area contributed by atoms with Crippen molar-refractivity contribution in [3.05, 3.63) is 60.2 Å². The molecule has 2 amide bonds. The molecule has 2 rings (SSSR count). The molecular formula is C26H37N3O6S. The number of aliphatic hydroxyl groups excluding tert-OH is 1. The second kappa shape index (κ2) is 13.4. The average Bonchev–Trinajstić information content (AvgIpc) is 2.83. The van der Waals surface area contributed by atoms with Gasteiger partial charge in [0, 0.05) is 20.0 Å². The largest absolute Gasteiger partial charge is 0.497 e. The first-order valence-corrected chi connectivity index (χ1v) is 13.3. The van der Waals surface area contributed by atoms with Crippen LogP contribution in [0.25, 0.3) is 0 Å². The molecule has 0 saturated carbocycles. The maximum Gasteiger partial charge on any atom is 0.243 e. The van der Waals surface area contributed by atoms with Crippen molar-refractivity contribution in [2.45, 2.75) is 57.2 Å². The molecule has 0 aliphatic rings. The second-order valence-electron chi connectivity index (χ2n) is 9.19. The van der Waals surface area contributed by atoms with E-state index in [1.165, 1.54) is 30.5 Å². The number of hydrogen-bond donors (Lipinski definition) is 3. The number of amides is 2. The number of carbonyl (C=O) groups is 2. The maximum atomic E-state index is 13.5. The highest BCUT2D eigenvalue weighted by molar-refractivity contribution is 7.89. The lowest BCUT2D eigenvalue weighted by molar-refractivity contribution is -0.128. The normalized spacial score (nSPS) is 14.2. The summed E-state index contributed by atoms with van der Waals surface area (Å²) in [5.41, 5.74) is 0.863. The average molecular weight is 520 g/mol. The van der Waals surface area contributed by atoms with Crippen LogP contribution in [0.3, 0.4) is 0 Å². The lowest BCUT2D eigenvalue weighted by Crippen LogP contribution is -2.54. The van der Waals surface area contributed by atoms with Gasteiger partial charge in [0.15, 0.2) is 0 Å². The van der Waals surface area contributed by atoms with E-state index >= 15 is 0 Å². The molecule has 0 heterocycles. The van der Waals surface area contributed by atoms with Crippen molar-refractivity contribution < 1.29 is 27.9 Å². The van der Waals surface area contributed by atoms with Crippen LogP contribution in [-0.2, 0) is 26.0 Å². The lowest BCUT2D eigenvalue weighted by Gasteiger charge is -2.31. The smallest absolute Gasteiger partial charge is 0.243 e. The molecule has 0 saturated heterocycles. The van der Waals surface area contributed by atoms with Crippen LogP contribution in [0.15, 0.2) is 59.5 Å². The summed E-state index contributed by atoms with van der Waals surface area (Å²) < 4.78 is 33.3. The predicted octanol–water partition coefficient (Wildman–Crippen LogP) is 1.95. The number of aliphatic hydroxyl groups is 1. The fourth-order valence-corrected chi connectivity index (χ4v) is 5.36. The van der Waals surface area contributed by atoms with Crippen molar-refractivity contribution in [3.63, 3.8) is 0 Å². The van der Waals surface area contributed by atoms with Gasteiger partial charge in [-0.1, -0.05) is 44.2 Å². The molecule has 0 aliphatic heterocycles. The molecule has 3 N–H and O–H groups in total. The van der Waals surface area contributed by atoms with Gasteiger partial charge in [-0.25, -0.2) is 8.42 Å². The number of sulfonamides is 1. The SMILES string of the molecule is COc1ccc(S(=O)(=O)N(CC(C)C)C[C@@H](O)[C@H](Cc2ccccc2)NC(=O)[C@@H](C)NC(C)=O)cc1. The highest BCUT2D eigenvalue weighted by Gasteiger charge is 2.32. The van der Waals surface area contributed by atoms with Gasteiger partial charge in [0.05, 0.1) is 24.2 Å². The Balaban J connectivity index is 2.32. The number of nitrogens with zero attached hydrogens (tertiary/aromatic N) is 1. The monoisotopic (exact) mass is 519 g/mol. The Kier molecular flexibility index (Phi) is 10.9. The zero-order valence-electron chi connectivity index (χ0n) is 21.5. The standard InChI is InChI=1S/C26H37N3O6S/c1-18(2)16-29(36(33,34)23-13-11-22(35-5)12-14-23)17-25(31)24(15-21-9-7-6-8-10-21)28-26(32)19(3)27-20(4)30/h6-14,18-19,24-25,31H,15-17H2,1-5H3,(H,27,30)(H,28,32)/t19-,24+,25-/m1/s1. The Labute approximate surface area is 213 Å². The fourth-order valence-electron chi connectivity index (χ4n) is 3.74. The van der Waals surface area contributed by atoms with Gasteiger partial charge in [-0.3, -0.25) is 9.59 Å². The van der Waals surface area contributed by atoms with Crippen LogP contribution in [0.5, 0.6) is 5.75 Å². The van der Waals surface area contributed by atoms with E-state index in [-0.39, 0.29) is 36.2 Å². The van der Waals surface area contributed by atoms with Crippen molar-refractivity contribution >= 4 is 21.8 Å². The predicted molar refractivity (Wildman–Crippen MR) is 138 cm³/mol. The van der Waals surface area contributed by atoms with Gasteiger partial charge < -0.3 is 20.5 Å². The molecule has 0 radical (unpaired) electrons. The minimum Gasteiger partial charge on any atom is -0.497 e. The summed E-state index contributed by atoms with van der Waals surface area (Å²) in [7, 11) is -2.44. The number of rotatable bonds is 13. The van der Waals surface area contributed by atoms with Crippen LogP contribution in [0, 0.1) is 5.92 Å².